The quantitative estimate of drug-likeness (QED) is 0.760. The van der Waals surface area contributed by atoms with Gasteiger partial charge in [0, 0.05) is 22.3 Å². The van der Waals surface area contributed by atoms with Gasteiger partial charge in [-0.3, -0.25) is 4.79 Å². The second-order valence-corrected chi connectivity index (χ2v) is 5.08. The molecule has 0 radical (unpaired) electrons. The van der Waals surface area contributed by atoms with Crippen molar-refractivity contribution in [3.8, 4) is 5.75 Å². The molecule has 0 atom stereocenters. The van der Waals surface area contributed by atoms with Gasteiger partial charge in [-0.15, -0.1) is 0 Å². The standard InChI is InChI=1S/C18H18N2O2/c1-3-22-14-10-8-13(9-11-14)20-18(21)17-12(2)19-16-7-5-4-6-15(16)17/h4-11,19H,3H2,1-2H3,(H,20,21). The first kappa shape index (κ1) is 14.2. The number of nitrogens with one attached hydrogen (secondary N) is 2. The Morgan fingerprint density at radius 1 is 1.14 bits per heavy atom. The zero-order valence-electron chi connectivity index (χ0n) is 12.6. The summed E-state index contributed by atoms with van der Waals surface area (Å²) in [6.45, 7) is 4.48. The first-order valence-electron chi connectivity index (χ1n) is 7.30. The molecule has 0 aliphatic heterocycles. The van der Waals surface area contributed by atoms with Crippen LogP contribution in [0.15, 0.2) is 48.5 Å². The molecule has 0 bridgehead atoms. The molecule has 0 aliphatic rings. The Kier molecular flexibility index (Phi) is 3.83. The van der Waals surface area contributed by atoms with Crippen molar-refractivity contribution in [2.75, 3.05) is 11.9 Å². The molecule has 0 spiro atoms. The summed E-state index contributed by atoms with van der Waals surface area (Å²) in [6, 6.07) is 15.2. The molecule has 0 saturated carbocycles. The van der Waals surface area contributed by atoms with E-state index >= 15 is 0 Å². The summed E-state index contributed by atoms with van der Waals surface area (Å²) in [6.07, 6.45) is 0. The van der Waals surface area contributed by atoms with Gasteiger partial charge in [-0.1, -0.05) is 18.2 Å². The second-order valence-electron chi connectivity index (χ2n) is 5.08. The van der Waals surface area contributed by atoms with E-state index in [2.05, 4.69) is 10.3 Å². The van der Waals surface area contributed by atoms with Gasteiger partial charge in [-0.05, 0) is 44.2 Å². The Labute approximate surface area is 129 Å². The van der Waals surface area contributed by atoms with Crippen molar-refractivity contribution in [3.05, 3.63) is 59.8 Å². The highest BCUT2D eigenvalue weighted by Crippen LogP contribution is 2.23. The number of fused-ring (bicyclic) bond motifs is 1. The van der Waals surface area contributed by atoms with Gasteiger partial charge in [-0.2, -0.15) is 0 Å². The van der Waals surface area contributed by atoms with Gasteiger partial charge in [0.15, 0.2) is 0 Å². The first-order chi connectivity index (χ1) is 10.7. The molecule has 112 valence electrons. The van der Waals surface area contributed by atoms with Crippen molar-refractivity contribution in [2.45, 2.75) is 13.8 Å². The molecule has 0 fully saturated rings. The van der Waals surface area contributed by atoms with E-state index in [1.54, 1.807) is 0 Å². The molecule has 2 aromatic carbocycles. The molecule has 3 aromatic rings. The highest BCUT2D eigenvalue weighted by atomic mass is 16.5. The van der Waals surface area contributed by atoms with Crippen LogP contribution in [-0.2, 0) is 0 Å². The summed E-state index contributed by atoms with van der Waals surface area (Å²) in [5.41, 5.74) is 3.27. The summed E-state index contributed by atoms with van der Waals surface area (Å²) >= 11 is 0. The van der Waals surface area contributed by atoms with Gasteiger partial charge in [0.25, 0.3) is 5.91 Å². The van der Waals surface area contributed by atoms with E-state index in [1.165, 1.54) is 0 Å². The third kappa shape index (κ3) is 2.68. The van der Waals surface area contributed by atoms with E-state index in [0.717, 1.165) is 28.0 Å². The minimum Gasteiger partial charge on any atom is -0.494 e. The third-order valence-corrected chi connectivity index (χ3v) is 3.54. The Morgan fingerprint density at radius 2 is 1.86 bits per heavy atom. The van der Waals surface area contributed by atoms with Crippen molar-refractivity contribution in [3.63, 3.8) is 0 Å². The summed E-state index contributed by atoms with van der Waals surface area (Å²) in [7, 11) is 0. The minimum absolute atomic E-state index is 0.112. The largest absolute Gasteiger partial charge is 0.494 e. The van der Waals surface area contributed by atoms with Crippen LogP contribution in [0.5, 0.6) is 5.75 Å². The van der Waals surface area contributed by atoms with E-state index in [1.807, 2.05) is 62.4 Å². The number of anilines is 1. The molecule has 0 saturated heterocycles. The maximum Gasteiger partial charge on any atom is 0.258 e. The van der Waals surface area contributed by atoms with Crippen LogP contribution in [0.25, 0.3) is 10.9 Å². The van der Waals surface area contributed by atoms with Crippen LogP contribution < -0.4 is 10.1 Å². The van der Waals surface area contributed by atoms with E-state index in [9.17, 15) is 4.79 Å². The lowest BCUT2D eigenvalue weighted by atomic mass is 10.1. The Hall–Kier alpha value is -2.75. The third-order valence-electron chi connectivity index (χ3n) is 3.54. The molecule has 1 heterocycles. The topological polar surface area (TPSA) is 54.1 Å². The van der Waals surface area contributed by atoms with Gasteiger partial charge < -0.3 is 15.0 Å². The number of amides is 1. The fraction of sp³-hybridized carbons (Fsp3) is 0.167. The number of aryl methyl sites for hydroxylation is 1. The summed E-state index contributed by atoms with van der Waals surface area (Å²) < 4.78 is 5.40. The van der Waals surface area contributed by atoms with Crippen LogP contribution in [-0.4, -0.2) is 17.5 Å². The summed E-state index contributed by atoms with van der Waals surface area (Å²) in [4.78, 5) is 15.8. The molecule has 4 heteroatoms. The fourth-order valence-corrected chi connectivity index (χ4v) is 2.56. The highest BCUT2D eigenvalue weighted by Gasteiger charge is 2.15. The zero-order chi connectivity index (χ0) is 15.5. The number of benzene rings is 2. The average molecular weight is 294 g/mol. The summed E-state index contributed by atoms with van der Waals surface area (Å²) in [5.74, 6) is 0.683. The maximum atomic E-state index is 12.6. The maximum absolute atomic E-state index is 12.6. The van der Waals surface area contributed by atoms with E-state index in [4.69, 9.17) is 4.74 Å². The smallest absolute Gasteiger partial charge is 0.258 e. The number of carbonyl (C=O) groups excluding carboxylic acids is 1. The lowest BCUT2D eigenvalue weighted by Crippen LogP contribution is -2.12. The fourth-order valence-electron chi connectivity index (χ4n) is 2.56. The van der Waals surface area contributed by atoms with Gasteiger partial charge in [-0.25, -0.2) is 0 Å². The van der Waals surface area contributed by atoms with Gasteiger partial charge in [0.05, 0.1) is 12.2 Å². The predicted molar refractivity (Wildman–Crippen MR) is 88.6 cm³/mol. The van der Waals surface area contributed by atoms with Crippen LogP contribution in [0, 0.1) is 6.92 Å². The van der Waals surface area contributed by atoms with Gasteiger partial charge in [0.2, 0.25) is 0 Å². The molecule has 22 heavy (non-hydrogen) atoms. The van der Waals surface area contributed by atoms with Crippen molar-refractivity contribution in [1.29, 1.82) is 0 Å². The highest BCUT2D eigenvalue weighted by molar-refractivity contribution is 6.13. The molecule has 3 rings (SSSR count). The monoisotopic (exact) mass is 294 g/mol. The molecule has 2 N–H and O–H groups in total. The van der Waals surface area contributed by atoms with Crippen LogP contribution >= 0.6 is 0 Å². The number of carbonyl (C=O) groups is 1. The molecular weight excluding hydrogens is 276 g/mol. The minimum atomic E-state index is -0.112. The normalized spacial score (nSPS) is 10.6. The number of hydrogen-bond donors (Lipinski definition) is 2. The number of para-hydroxylation sites is 1. The van der Waals surface area contributed by atoms with E-state index in [0.29, 0.717) is 12.2 Å². The van der Waals surface area contributed by atoms with Crippen LogP contribution in [0.1, 0.15) is 23.0 Å². The van der Waals surface area contributed by atoms with Crippen molar-refractivity contribution in [2.24, 2.45) is 0 Å². The number of aromatic nitrogens is 1. The molecule has 0 aliphatic carbocycles. The molecule has 0 unspecified atom stereocenters. The number of H-pyrrole nitrogens is 1. The Morgan fingerprint density at radius 3 is 2.59 bits per heavy atom. The van der Waals surface area contributed by atoms with Crippen molar-refractivity contribution >= 4 is 22.5 Å². The SMILES string of the molecule is CCOc1ccc(NC(=O)c2c(C)[nH]c3ccccc23)cc1. The van der Waals surface area contributed by atoms with Crippen LogP contribution in [0.3, 0.4) is 0 Å². The molecule has 1 amide bonds. The number of rotatable bonds is 4. The van der Waals surface area contributed by atoms with Gasteiger partial charge in [0.1, 0.15) is 5.75 Å². The second kappa shape index (κ2) is 5.93. The molecule has 4 nitrogen and oxygen atoms in total. The predicted octanol–water partition coefficient (Wildman–Crippen LogP) is 4.13. The Bertz CT molecular complexity index is 804. The van der Waals surface area contributed by atoms with Crippen molar-refractivity contribution in [1.82, 2.24) is 4.98 Å². The Balaban J connectivity index is 1.85. The van der Waals surface area contributed by atoms with Crippen molar-refractivity contribution < 1.29 is 9.53 Å². The lowest BCUT2D eigenvalue weighted by Gasteiger charge is -2.07. The summed E-state index contributed by atoms with van der Waals surface area (Å²) in [5, 5.41) is 3.87. The zero-order valence-corrected chi connectivity index (χ0v) is 12.6. The first-order valence-corrected chi connectivity index (χ1v) is 7.30. The molecular formula is C18H18N2O2. The average Bonchev–Trinajstić information content (AvgIpc) is 2.85. The van der Waals surface area contributed by atoms with E-state index < -0.39 is 0 Å². The van der Waals surface area contributed by atoms with Crippen LogP contribution in [0.2, 0.25) is 0 Å². The lowest BCUT2D eigenvalue weighted by molar-refractivity contribution is 0.102. The number of hydrogen-bond acceptors (Lipinski definition) is 2. The molecule has 1 aromatic heterocycles. The van der Waals surface area contributed by atoms with E-state index in [-0.39, 0.29) is 5.91 Å². The number of ether oxygens (including phenoxy) is 1. The number of aromatic amines is 1. The van der Waals surface area contributed by atoms with Crippen LogP contribution in [0.4, 0.5) is 5.69 Å². The van der Waals surface area contributed by atoms with Gasteiger partial charge >= 0.3 is 0 Å².